The zero-order chi connectivity index (χ0) is 19.3. The third kappa shape index (κ3) is 3.76. The van der Waals surface area contributed by atoms with E-state index >= 15 is 0 Å². The summed E-state index contributed by atoms with van der Waals surface area (Å²) in [6.07, 6.45) is 1.56. The molecular formula is C22H19NO5. The molecule has 0 bridgehead atoms. The van der Waals surface area contributed by atoms with Crippen LogP contribution in [0, 0.1) is 0 Å². The third-order valence-corrected chi connectivity index (χ3v) is 4.44. The van der Waals surface area contributed by atoms with Crippen molar-refractivity contribution in [3.05, 3.63) is 60.2 Å². The molecule has 142 valence electrons. The maximum atomic E-state index is 12.3. The first-order chi connectivity index (χ1) is 13.7. The molecule has 1 aliphatic heterocycles. The normalized spacial score (nSPS) is 12.9. The first-order valence-corrected chi connectivity index (χ1v) is 9.04. The van der Waals surface area contributed by atoms with Crippen molar-refractivity contribution in [1.29, 1.82) is 0 Å². The SMILES string of the molecule is O=Cc1c(OCC(=O)Nc2ccc3c(c2)OCCCO3)ccc2ccccc12. The van der Waals surface area contributed by atoms with Crippen LogP contribution in [0.3, 0.4) is 0 Å². The quantitative estimate of drug-likeness (QED) is 0.684. The summed E-state index contributed by atoms with van der Waals surface area (Å²) >= 11 is 0. The Balaban J connectivity index is 1.44. The summed E-state index contributed by atoms with van der Waals surface area (Å²) in [5.41, 5.74) is 1.02. The molecule has 0 fully saturated rings. The van der Waals surface area contributed by atoms with Crippen LogP contribution < -0.4 is 19.5 Å². The molecule has 28 heavy (non-hydrogen) atoms. The Hall–Kier alpha value is -3.54. The summed E-state index contributed by atoms with van der Waals surface area (Å²) in [7, 11) is 0. The summed E-state index contributed by atoms with van der Waals surface area (Å²) in [6.45, 7) is 0.967. The number of nitrogens with one attached hydrogen (secondary N) is 1. The maximum Gasteiger partial charge on any atom is 0.262 e. The van der Waals surface area contributed by atoms with Crippen molar-refractivity contribution in [2.75, 3.05) is 25.1 Å². The summed E-state index contributed by atoms with van der Waals surface area (Å²) in [5, 5.41) is 4.50. The first-order valence-electron chi connectivity index (χ1n) is 9.04. The highest BCUT2D eigenvalue weighted by Crippen LogP contribution is 2.32. The number of anilines is 1. The summed E-state index contributed by atoms with van der Waals surface area (Å²) < 4.78 is 16.8. The Labute approximate surface area is 162 Å². The van der Waals surface area contributed by atoms with Crippen molar-refractivity contribution in [1.82, 2.24) is 0 Å². The van der Waals surface area contributed by atoms with E-state index in [0.29, 0.717) is 41.7 Å². The molecule has 0 saturated heterocycles. The lowest BCUT2D eigenvalue weighted by Gasteiger charge is -2.12. The number of rotatable bonds is 5. The van der Waals surface area contributed by atoms with E-state index in [2.05, 4.69) is 5.32 Å². The van der Waals surface area contributed by atoms with Crippen molar-refractivity contribution in [2.24, 2.45) is 0 Å². The number of aldehydes is 1. The number of amides is 1. The lowest BCUT2D eigenvalue weighted by atomic mass is 10.0. The van der Waals surface area contributed by atoms with Crippen LogP contribution >= 0.6 is 0 Å². The zero-order valence-electron chi connectivity index (χ0n) is 15.1. The fraction of sp³-hybridized carbons (Fsp3) is 0.182. The molecule has 3 aromatic rings. The molecule has 1 heterocycles. The molecule has 1 N–H and O–H groups in total. The molecule has 0 saturated carbocycles. The van der Waals surface area contributed by atoms with Gasteiger partial charge in [-0.3, -0.25) is 9.59 Å². The predicted molar refractivity (Wildman–Crippen MR) is 106 cm³/mol. The van der Waals surface area contributed by atoms with Crippen LogP contribution in [0.1, 0.15) is 16.8 Å². The second kappa shape index (κ2) is 8.00. The van der Waals surface area contributed by atoms with Crippen molar-refractivity contribution >= 4 is 28.7 Å². The number of benzene rings is 3. The van der Waals surface area contributed by atoms with E-state index in [1.54, 1.807) is 24.3 Å². The Kier molecular flexibility index (Phi) is 5.10. The highest BCUT2D eigenvalue weighted by Gasteiger charge is 2.13. The largest absolute Gasteiger partial charge is 0.490 e. The molecule has 0 aromatic heterocycles. The van der Waals surface area contributed by atoms with Gasteiger partial charge in [-0.15, -0.1) is 0 Å². The minimum Gasteiger partial charge on any atom is -0.490 e. The van der Waals surface area contributed by atoms with E-state index in [1.807, 2.05) is 30.3 Å². The molecule has 1 amide bonds. The zero-order valence-corrected chi connectivity index (χ0v) is 15.1. The number of carbonyl (C=O) groups is 2. The van der Waals surface area contributed by atoms with Gasteiger partial charge in [0, 0.05) is 18.2 Å². The number of hydrogen-bond donors (Lipinski definition) is 1. The average Bonchev–Trinajstić information content (AvgIpc) is 2.96. The van der Waals surface area contributed by atoms with Crippen molar-refractivity contribution in [3.63, 3.8) is 0 Å². The van der Waals surface area contributed by atoms with E-state index in [0.717, 1.165) is 23.5 Å². The lowest BCUT2D eigenvalue weighted by Crippen LogP contribution is -2.20. The molecule has 0 atom stereocenters. The van der Waals surface area contributed by atoms with Gasteiger partial charge in [-0.05, 0) is 29.0 Å². The molecule has 6 nitrogen and oxygen atoms in total. The van der Waals surface area contributed by atoms with Gasteiger partial charge in [0.2, 0.25) is 0 Å². The van der Waals surface area contributed by atoms with Crippen molar-refractivity contribution in [2.45, 2.75) is 6.42 Å². The lowest BCUT2D eigenvalue weighted by molar-refractivity contribution is -0.118. The predicted octanol–water partition coefficient (Wildman–Crippen LogP) is 3.83. The summed E-state index contributed by atoms with van der Waals surface area (Å²) in [6, 6.07) is 16.3. The van der Waals surface area contributed by atoms with E-state index in [-0.39, 0.29) is 12.5 Å². The highest BCUT2D eigenvalue weighted by molar-refractivity contribution is 6.01. The van der Waals surface area contributed by atoms with Crippen LogP contribution in [0.5, 0.6) is 17.2 Å². The van der Waals surface area contributed by atoms with Crippen molar-refractivity contribution < 1.29 is 23.8 Å². The Bertz CT molecular complexity index is 1030. The van der Waals surface area contributed by atoms with E-state index in [9.17, 15) is 9.59 Å². The molecule has 6 heteroatoms. The van der Waals surface area contributed by atoms with Gasteiger partial charge >= 0.3 is 0 Å². The Morgan fingerprint density at radius 3 is 2.71 bits per heavy atom. The van der Waals surface area contributed by atoms with Crippen LogP contribution in [0.2, 0.25) is 0 Å². The average molecular weight is 377 g/mol. The van der Waals surface area contributed by atoms with Gasteiger partial charge in [-0.2, -0.15) is 0 Å². The number of fused-ring (bicyclic) bond motifs is 2. The Morgan fingerprint density at radius 1 is 1.04 bits per heavy atom. The molecule has 0 radical (unpaired) electrons. The van der Waals surface area contributed by atoms with Gasteiger partial charge in [0.25, 0.3) is 5.91 Å². The van der Waals surface area contributed by atoms with Crippen LogP contribution in [-0.4, -0.2) is 32.0 Å². The van der Waals surface area contributed by atoms with Gasteiger partial charge < -0.3 is 19.5 Å². The monoisotopic (exact) mass is 377 g/mol. The van der Waals surface area contributed by atoms with E-state index < -0.39 is 0 Å². The number of carbonyl (C=O) groups excluding carboxylic acids is 2. The first kappa shape index (κ1) is 17.9. The second-order valence-electron chi connectivity index (χ2n) is 6.37. The van der Waals surface area contributed by atoms with Gasteiger partial charge in [0.15, 0.2) is 24.4 Å². The highest BCUT2D eigenvalue weighted by atomic mass is 16.5. The minimum atomic E-state index is -0.334. The van der Waals surface area contributed by atoms with Crippen molar-refractivity contribution in [3.8, 4) is 17.2 Å². The maximum absolute atomic E-state index is 12.3. The van der Waals surface area contributed by atoms with Crippen LogP contribution in [-0.2, 0) is 4.79 Å². The minimum absolute atomic E-state index is 0.215. The molecule has 3 aromatic carbocycles. The summed E-state index contributed by atoms with van der Waals surface area (Å²) in [5.74, 6) is 1.31. The van der Waals surface area contributed by atoms with Crippen LogP contribution in [0.25, 0.3) is 10.8 Å². The van der Waals surface area contributed by atoms with Gasteiger partial charge in [0.1, 0.15) is 5.75 Å². The fourth-order valence-electron chi connectivity index (χ4n) is 3.10. The molecule has 0 spiro atoms. The van der Waals surface area contributed by atoms with Crippen LogP contribution in [0.4, 0.5) is 5.69 Å². The molecule has 0 aliphatic carbocycles. The standard InChI is InChI=1S/C22H19NO5/c24-13-18-17-5-2-1-4-15(17)6-8-19(18)28-14-22(25)23-16-7-9-20-21(12-16)27-11-3-10-26-20/h1-2,4-9,12-13H,3,10-11,14H2,(H,23,25). The van der Waals surface area contributed by atoms with E-state index in [4.69, 9.17) is 14.2 Å². The third-order valence-electron chi connectivity index (χ3n) is 4.44. The smallest absolute Gasteiger partial charge is 0.262 e. The van der Waals surface area contributed by atoms with Gasteiger partial charge in [-0.25, -0.2) is 0 Å². The summed E-state index contributed by atoms with van der Waals surface area (Å²) in [4.78, 5) is 23.8. The number of ether oxygens (including phenoxy) is 3. The fourth-order valence-corrected chi connectivity index (χ4v) is 3.10. The number of hydrogen-bond acceptors (Lipinski definition) is 5. The van der Waals surface area contributed by atoms with E-state index in [1.165, 1.54) is 0 Å². The van der Waals surface area contributed by atoms with Gasteiger partial charge in [0.05, 0.1) is 18.8 Å². The second-order valence-corrected chi connectivity index (χ2v) is 6.37. The molecular weight excluding hydrogens is 358 g/mol. The van der Waals surface area contributed by atoms with Crippen LogP contribution in [0.15, 0.2) is 54.6 Å². The topological polar surface area (TPSA) is 73.9 Å². The Morgan fingerprint density at radius 2 is 1.86 bits per heavy atom. The molecule has 1 aliphatic rings. The van der Waals surface area contributed by atoms with Gasteiger partial charge in [-0.1, -0.05) is 30.3 Å². The molecule has 0 unspecified atom stereocenters. The molecule has 4 rings (SSSR count).